The molecule has 1 heterocycles. The van der Waals surface area contributed by atoms with Gasteiger partial charge in [0.2, 0.25) is 10.0 Å². The highest BCUT2D eigenvalue weighted by atomic mass is 32.2. The number of hydrogen-bond donors (Lipinski definition) is 2. The highest BCUT2D eigenvalue weighted by molar-refractivity contribution is 7.89. The van der Waals surface area contributed by atoms with Gasteiger partial charge >= 0.3 is 0 Å². The minimum absolute atomic E-state index is 0.0394. The number of aromatic nitrogens is 1. The fraction of sp³-hybridized carbons (Fsp3) is 0.583. The Morgan fingerprint density at radius 3 is 2.84 bits per heavy atom. The molecule has 1 aliphatic carbocycles. The topological polar surface area (TPSA) is 94.3 Å². The van der Waals surface area contributed by atoms with Gasteiger partial charge in [0, 0.05) is 32.7 Å². The second-order valence-electron chi connectivity index (χ2n) is 4.98. The van der Waals surface area contributed by atoms with Gasteiger partial charge in [-0.1, -0.05) is 0 Å². The Morgan fingerprint density at radius 1 is 1.53 bits per heavy atom. The summed E-state index contributed by atoms with van der Waals surface area (Å²) in [5.74, 6) is 0. The van der Waals surface area contributed by atoms with E-state index >= 15 is 0 Å². The Kier molecular flexibility index (Phi) is 4.07. The quantitative estimate of drug-likeness (QED) is 0.771. The van der Waals surface area contributed by atoms with Crippen LogP contribution in [-0.4, -0.2) is 33.7 Å². The zero-order valence-electron chi connectivity index (χ0n) is 10.9. The summed E-state index contributed by atoms with van der Waals surface area (Å²) >= 11 is 0. The number of sulfonamides is 1. The first kappa shape index (κ1) is 14.2. The van der Waals surface area contributed by atoms with Crippen LogP contribution in [0.3, 0.4) is 0 Å². The maximum absolute atomic E-state index is 12.1. The number of rotatable bonds is 7. The normalized spacial score (nSPS) is 17.3. The number of methoxy groups -OCH3 is 1. The number of nitrogens with one attached hydrogen (secondary N) is 1. The highest BCUT2D eigenvalue weighted by Gasteiger charge is 2.42. The summed E-state index contributed by atoms with van der Waals surface area (Å²) in [6.07, 6.45) is 5.67. The third kappa shape index (κ3) is 3.43. The minimum atomic E-state index is -3.59. The lowest BCUT2D eigenvalue weighted by molar-refractivity contribution is 0.173. The van der Waals surface area contributed by atoms with Crippen molar-refractivity contribution in [1.29, 1.82) is 0 Å². The molecular weight excluding hydrogens is 266 g/mol. The Hall–Kier alpha value is -1.18. The van der Waals surface area contributed by atoms with Gasteiger partial charge in [0.25, 0.3) is 0 Å². The molecular formula is C12H19N3O3S. The molecule has 7 heteroatoms. The van der Waals surface area contributed by atoms with E-state index in [1.165, 1.54) is 18.5 Å². The number of nitrogens with zero attached hydrogens (tertiary/aromatic N) is 1. The van der Waals surface area contributed by atoms with Crippen molar-refractivity contribution in [2.24, 2.45) is 5.41 Å². The molecule has 0 spiro atoms. The largest absolute Gasteiger partial charge is 0.398 e. The summed E-state index contributed by atoms with van der Waals surface area (Å²) in [6, 6.07) is 1.48. The van der Waals surface area contributed by atoms with Crippen molar-refractivity contribution in [2.75, 3.05) is 26.0 Å². The van der Waals surface area contributed by atoms with Gasteiger partial charge in [0.05, 0.1) is 5.69 Å². The van der Waals surface area contributed by atoms with E-state index in [0.29, 0.717) is 13.2 Å². The van der Waals surface area contributed by atoms with E-state index in [9.17, 15) is 8.42 Å². The monoisotopic (exact) mass is 285 g/mol. The number of pyridine rings is 1. The van der Waals surface area contributed by atoms with Gasteiger partial charge in [-0.3, -0.25) is 4.98 Å². The Balaban J connectivity index is 2.01. The maximum atomic E-state index is 12.1. The first-order valence-electron chi connectivity index (χ1n) is 6.17. The molecule has 1 aromatic heterocycles. The standard InChI is InChI=1S/C12H19N3O3S/c1-18-7-5-12(3-4-12)9-15-19(16,17)11-8-14-6-2-10(11)13/h2,6,8,15H,3-5,7,9H2,1H3,(H2,13,14). The molecule has 6 nitrogen and oxygen atoms in total. The van der Waals surface area contributed by atoms with E-state index in [-0.39, 0.29) is 16.0 Å². The fourth-order valence-corrected chi connectivity index (χ4v) is 3.18. The molecule has 0 aromatic carbocycles. The summed E-state index contributed by atoms with van der Waals surface area (Å²) in [5.41, 5.74) is 5.93. The zero-order valence-corrected chi connectivity index (χ0v) is 11.7. The van der Waals surface area contributed by atoms with Crippen LogP contribution in [0.4, 0.5) is 5.69 Å². The van der Waals surface area contributed by atoms with Crippen LogP contribution >= 0.6 is 0 Å². The van der Waals surface area contributed by atoms with E-state index in [1.54, 1.807) is 7.11 Å². The average Bonchev–Trinajstić information content (AvgIpc) is 3.15. The van der Waals surface area contributed by atoms with Crippen LogP contribution in [0.5, 0.6) is 0 Å². The van der Waals surface area contributed by atoms with E-state index in [0.717, 1.165) is 19.3 Å². The van der Waals surface area contributed by atoms with Gasteiger partial charge in [-0.2, -0.15) is 0 Å². The predicted molar refractivity (Wildman–Crippen MR) is 72.0 cm³/mol. The molecule has 106 valence electrons. The van der Waals surface area contributed by atoms with Crippen molar-refractivity contribution in [2.45, 2.75) is 24.2 Å². The predicted octanol–water partition coefficient (Wildman–Crippen LogP) is 0.759. The Bertz CT molecular complexity index is 541. The van der Waals surface area contributed by atoms with Crippen LogP contribution < -0.4 is 10.5 Å². The van der Waals surface area contributed by atoms with Crippen LogP contribution in [-0.2, 0) is 14.8 Å². The molecule has 1 aliphatic rings. The van der Waals surface area contributed by atoms with Crippen LogP contribution in [0.25, 0.3) is 0 Å². The van der Waals surface area contributed by atoms with Crippen LogP contribution in [0, 0.1) is 5.41 Å². The number of anilines is 1. The van der Waals surface area contributed by atoms with E-state index in [2.05, 4.69) is 9.71 Å². The summed E-state index contributed by atoms with van der Waals surface area (Å²) in [6.45, 7) is 1.07. The summed E-state index contributed by atoms with van der Waals surface area (Å²) < 4.78 is 31.9. The molecule has 1 aromatic rings. The number of ether oxygens (including phenoxy) is 1. The van der Waals surface area contributed by atoms with Crippen LogP contribution in [0.1, 0.15) is 19.3 Å². The second-order valence-corrected chi connectivity index (χ2v) is 6.72. The average molecular weight is 285 g/mol. The van der Waals surface area contributed by atoms with Gasteiger partial charge in [0.1, 0.15) is 4.90 Å². The fourth-order valence-electron chi connectivity index (χ4n) is 1.95. The summed E-state index contributed by atoms with van der Waals surface area (Å²) in [5, 5.41) is 0. The van der Waals surface area contributed by atoms with Crippen molar-refractivity contribution in [3.05, 3.63) is 18.5 Å². The van der Waals surface area contributed by atoms with Gasteiger partial charge < -0.3 is 10.5 Å². The molecule has 0 amide bonds. The highest BCUT2D eigenvalue weighted by Crippen LogP contribution is 2.48. The summed E-state index contributed by atoms with van der Waals surface area (Å²) in [4.78, 5) is 3.84. The number of nitrogens with two attached hydrogens (primary N) is 1. The molecule has 0 atom stereocenters. The molecule has 0 aliphatic heterocycles. The van der Waals surface area contributed by atoms with E-state index in [4.69, 9.17) is 10.5 Å². The third-order valence-electron chi connectivity index (χ3n) is 3.54. The van der Waals surface area contributed by atoms with Crippen LogP contribution in [0.15, 0.2) is 23.4 Å². The Morgan fingerprint density at radius 2 is 2.26 bits per heavy atom. The van der Waals surface area contributed by atoms with E-state index in [1.807, 2.05) is 0 Å². The van der Waals surface area contributed by atoms with Gasteiger partial charge in [-0.15, -0.1) is 0 Å². The maximum Gasteiger partial charge on any atom is 0.244 e. The van der Waals surface area contributed by atoms with Crippen LogP contribution in [0.2, 0.25) is 0 Å². The van der Waals surface area contributed by atoms with Crippen molar-refractivity contribution < 1.29 is 13.2 Å². The van der Waals surface area contributed by atoms with Crippen molar-refractivity contribution >= 4 is 15.7 Å². The minimum Gasteiger partial charge on any atom is -0.398 e. The molecule has 0 bridgehead atoms. The van der Waals surface area contributed by atoms with Crippen molar-refractivity contribution in [3.63, 3.8) is 0 Å². The lowest BCUT2D eigenvalue weighted by atomic mass is 10.0. The molecule has 1 saturated carbocycles. The molecule has 0 unspecified atom stereocenters. The number of nitrogen functional groups attached to an aromatic ring is 1. The second kappa shape index (κ2) is 5.44. The molecule has 3 N–H and O–H groups in total. The molecule has 19 heavy (non-hydrogen) atoms. The first-order valence-corrected chi connectivity index (χ1v) is 7.66. The smallest absolute Gasteiger partial charge is 0.244 e. The van der Waals surface area contributed by atoms with Gasteiger partial charge in [0.15, 0.2) is 0 Å². The van der Waals surface area contributed by atoms with Gasteiger partial charge in [-0.05, 0) is 30.7 Å². The van der Waals surface area contributed by atoms with Crippen molar-refractivity contribution in [1.82, 2.24) is 9.71 Å². The Labute approximate surface area is 113 Å². The van der Waals surface area contributed by atoms with Gasteiger partial charge in [-0.25, -0.2) is 13.1 Å². The van der Waals surface area contributed by atoms with Crippen molar-refractivity contribution in [3.8, 4) is 0 Å². The molecule has 1 fully saturated rings. The SMILES string of the molecule is COCCC1(CNS(=O)(=O)c2cnccc2N)CC1. The first-order chi connectivity index (χ1) is 8.99. The number of hydrogen-bond acceptors (Lipinski definition) is 5. The molecule has 2 rings (SSSR count). The van der Waals surface area contributed by atoms with E-state index < -0.39 is 10.0 Å². The molecule has 0 radical (unpaired) electrons. The summed E-state index contributed by atoms with van der Waals surface area (Å²) in [7, 11) is -1.94. The zero-order chi connectivity index (χ0) is 13.9. The lowest BCUT2D eigenvalue weighted by Crippen LogP contribution is -2.31. The lowest BCUT2D eigenvalue weighted by Gasteiger charge is -2.16. The third-order valence-corrected chi connectivity index (χ3v) is 4.98. The molecule has 0 saturated heterocycles.